The highest BCUT2D eigenvalue weighted by molar-refractivity contribution is 5.76. The Kier molecular flexibility index (Phi) is 4.35. The summed E-state index contributed by atoms with van der Waals surface area (Å²) in [5.74, 6) is 0.264. The van der Waals surface area contributed by atoms with Crippen LogP contribution >= 0.6 is 0 Å². The molecule has 2 unspecified atom stereocenters. The summed E-state index contributed by atoms with van der Waals surface area (Å²) in [4.78, 5) is 13.3. The SMILES string of the molecule is CC1CN(C(=O)CCCO)CCC1O. The lowest BCUT2D eigenvalue weighted by atomic mass is 9.96. The van der Waals surface area contributed by atoms with Gasteiger partial charge < -0.3 is 15.1 Å². The van der Waals surface area contributed by atoms with Crippen molar-refractivity contribution in [2.75, 3.05) is 19.7 Å². The number of likely N-dealkylation sites (tertiary alicyclic amines) is 1. The van der Waals surface area contributed by atoms with Crippen LogP contribution in [0, 0.1) is 5.92 Å². The first-order chi connectivity index (χ1) is 6.65. The van der Waals surface area contributed by atoms with Crippen LogP contribution in [0.15, 0.2) is 0 Å². The van der Waals surface area contributed by atoms with E-state index in [4.69, 9.17) is 5.11 Å². The molecule has 0 radical (unpaired) electrons. The second kappa shape index (κ2) is 5.32. The summed E-state index contributed by atoms with van der Waals surface area (Å²) in [6.45, 7) is 3.31. The van der Waals surface area contributed by atoms with E-state index in [0.29, 0.717) is 32.4 Å². The molecule has 4 heteroatoms. The average molecular weight is 201 g/mol. The predicted octanol–water partition coefficient (Wildman–Crippen LogP) is -0.0118. The number of aliphatic hydroxyl groups excluding tert-OH is 2. The third-order valence-corrected chi connectivity index (χ3v) is 2.76. The van der Waals surface area contributed by atoms with Crippen LogP contribution in [0.3, 0.4) is 0 Å². The van der Waals surface area contributed by atoms with Crippen LogP contribution in [0.4, 0.5) is 0 Å². The molecule has 0 aromatic rings. The second-order valence-electron chi connectivity index (χ2n) is 4.00. The largest absolute Gasteiger partial charge is 0.396 e. The fourth-order valence-corrected chi connectivity index (χ4v) is 1.75. The Hall–Kier alpha value is -0.610. The van der Waals surface area contributed by atoms with Gasteiger partial charge in [-0.25, -0.2) is 0 Å². The molecule has 4 nitrogen and oxygen atoms in total. The first-order valence-corrected chi connectivity index (χ1v) is 5.22. The maximum atomic E-state index is 11.5. The van der Waals surface area contributed by atoms with Gasteiger partial charge in [-0.05, 0) is 18.8 Å². The molecule has 0 saturated carbocycles. The number of aliphatic hydroxyl groups is 2. The highest BCUT2D eigenvalue weighted by Gasteiger charge is 2.26. The lowest BCUT2D eigenvalue weighted by Gasteiger charge is -2.34. The highest BCUT2D eigenvalue weighted by atomic mass is 16.3. The van der Waals surface area contributed by atoms with Crippen molar-refractivity contribution in [3.05, 3.63) is 0 Å². The zero-order valence-electron chi connectivity index (χ0n) is 8.65. The molecule has 82 valence electrons. The third kappa shape index (κ3) is 2.96. The maximum absolute atomic E-state index is 11.5. The lowest BCUT2D eigenvalue weighted by Crippen LogP contribution is -2.44. The molecule has 1 aliphatic rings. The Bertz CT molecular complexity index is 196. The van der Waals surface area contributed by atoms with E-state index >= 15 is 0 Å². The van der Waals surface area contributed by atoms with Crippen molar-refractivity contribution < 1.29 is 15.0 Å². The Labute approximate surface area is 84.5 Å². The third-order valence-electron chi connectivity index (χ3n) is 2.76. The molecule has 14 heavy (non-hydrogen) atoms. The number of rotatable bonds is 3. The summed E-state index contributed by atoms with van der Waals surface area (Å²) in [6, 6.07) is 0. The Morgan fingerprint density at radius 1 is 1.57 bits per heavy atom. The summed E-state index contributed by atoms with van der Waals surface area (Å²) in [5.41, 5.74) is 0. The minimum Gasteiger partial charge on any atom is -0.396 e. The van der Waals surface area contributed by atoms with E-state index in [0.717, 1.165) is 0 Å². The summed E-state index contributed by atoms with van der Waals surface area (Å²) in [7, 11) is 0. The van der Waals surface area contributed by atoms with Crippen molar-refractivity contribution in [2.45, 2.75) is 32.3 Å². The van der Waals surface area contributed by atoms with E-state index in [1.165, 1.54) is 0 Å². The lowest BCUT2D eigenvalue weighted by molar-refractivity contribution is -0.135. The van der Waals surface area contributed by atoms with E-state index in [1.807, 2.05) is 6.92 Å². The minimum absolute atomic E-state index is 0.0672. The van der Waals surface area contributed by atoms with Crippen LogP contribution in [0.2, 0.25) is 0 Å². The molecule has 2 atom stereocenters. The molecule has 2 N–H and O–H groups in total. The molecule has 1 heterocycles. The molecule has 0 aromatic carbocycles. The molecule has 0 spiro atoms. The summed E-state index contributed by atoms with van der Waals surface area (Å²) >= 11 is 0. The van der Waals surface area contributed by atoms with Crippen molar-refractivity contribution >= 4 is 5.91 Å². The first-order valence-electron chi connectivity index (χ1n) is 5.22. The molecule has 0 aromatic heterocycles. The maximum Gasteiger partial charge on any atom is 0.222 e. The van der Waals surface area contributed by atoms with E-state index in [9.17, 15) is 9.90 Å². The van der Waals surface area contributed by atoms with E-state index in [1.54, 1.807) is 4.90 Å². The molecule has 0 aliphatic carbocycles. The second-order valence-corrected chi connectivity index (χ2v) is 4.00. The first kappa shape index (κ1) is 11.5. The molecule has 1 aliphatic heterocycles. The van der Waals surface area contributed by atoms with Gasteiger partial charge in [0.2, 0.25) is 5.91 Å². The van der Waals surface area contributed by atoms with Crippen LogP contribution in [-0.2, 0) is 4.79 Å². The van der Waals surface area contributed by atoms with Gasteiger partial charge in [0.1, 0.15) is 0 Å². The minimum atomic E-state index is -0.267. The normalized spacial score (nSPS) is 27.8. The summed E-state index contributed by atoms with van der Waals surface area (Å²) in [6.07, 6.45) is 1.36. The quantitative estimate of drug-likeness (QED) is 0.675. The zero-order valence-corrected chi connectivity index (χ0v) is 8.65. The van der Waals surface area contributed by atoms with E-state index in [2.05, 4.69) is 0 Å². The number of hydrogen-bond donors (Lipinski definition) is 2. The fourth-order valence-electron chi connectivity index (χ4n) is 1.75. The summed E-state index contributed by atoms with van der Waals surface area (Å²) < 4.78 is 0. The van der Waals surface area contributed by atoms with Crippen LogP contribution in [0.25, 0.3) is 0 Å². The van der Waals surface area contributed by atoms with Gasteiger partial charge in [0.25, 0.3) is 0 Å². The van der Waals surface area contributed by atoms with Crippen LogP contribution in [0.5, 0.6) is 0 Å². The number of piperidine rings is 1. The van der Waals surface area contributed by atoms with Crippen molar-refractivity contribution in [2.24, 2.45) is 5.92 Å². The van der Waals surface area contributed by atoms with Gasteiger partial charge in [0, 0.05) is 26.1 Å². The Balaban J connectivity index is 2.34. The smallest absolute Gasteiger partial charge is 0.222 e. The molecular weight excluding hydrogens is 182 g/mol. The van der Waals surface area contributed by atoms with Crippen molar-refractivity contribution in [1.82, 2.24) is 4.90 Å². The van der Waals surface area contributed by atoms with E-state index in [-0.39, 0.29) is 24.5 Å². The van der Waals surface area contributed by atoms with Gasteiger partial charge in [-0.2, -0.15) is 0 Å². The van der Waals surface area contributed by atoms with Gasteiger partial charge in [0.15, 0.2) is 0 Å². The van der Waals surface area contributed by atoms with Crippen molar-refractivity contribution in [3.8, 4) is 0 Å². The number of amides is 1. The number of carbonyl (C=O) groups excluding carboxylic acids is 1. The van der Waals surface area contributed by atoms with Gasteiger partial charge in [-0.3, -0.25) is 4.79 Å². The number of hydrogen-bond acceptors (Lipinski definition) is 3. The predicted molar refractivity (Wildman–Crippen MR) is 52.7 cm³/mol. The number of carbonyl (C=O) groups is 1. The highest BCUT2D eigenvalue weighted by Crippen LogP contribution is 2.17. The van der Waals surface area contributed by atoms with Crippen molar-refractivity contribution in [3.63, 3.8) is 0 Å². The Morgan fingerprint density at radius 3 is 2.86 bits per heavy atom. The molecule has 1 saturated heterocycles. The molecule has 1 fully saturated rings. The van der Waals surface area contributed by atoms with Crippen LogP contribution < -0.4 is 0 Å². The molecule has 1 amide bonds. The monoisotopic (exact) mass is 201 g/mol. The average Bonchev–Trinajstić information content (AvgIpc) is 2.18. The summed E-state index contributed by atoms with van der Waals surface area (Å²) in [5, 5.41) is 18.1. The molecule has 0 bridgehead atoms. The topological polar surface area (TPSA) is 60.8 Å². The fraction of sp³-hybridized carbons (Fsp3) is 0.900. The molecule has 1 rings (SSSR count). The standard InChI is InChI=1S/C10H19NO3/c1-8-7-11(5-4-9(8)13)10(14)3-2-6-12/h8-9,12-13H,2-7H2,1H3. The Morgan fingerprint density at radius 2 is 2.29 bits per heavy atom. The van der Waals surface area contributed by atoms with Gasteiger partial charge in [-0.1, -0.05) is 6.92 Å². The van der Waals surface area contributed by atoms with Gasteiger partial charge in [0.05, 0.1) is 6.10 Å². The van der Waals surface area contributed by atoms with Gasteiger partial charge >= 0.3 is 0 Å². The van der Waals surface area contributed by atoms with E-state index < -0.39 is 0 Å². The number of nitrogens with zero attached hydrogens (tertiary/aromatic N) is 1. The molecular formula is C10H19NO3. The van der Waals surface area contributed by atoms with Crippen LogP contribution in [0.1, 0.15) is 26.2 Å². The van der Waals surface area contributed by atoms with Crippen LogP contribution in [-0.4, -0.2) is 46.8 Å². The zero-order chi connectivity index (χ0) is 10.6. The van der Waals surface area contributed by atoms with Crippen molar-refractivity contribution in [1.29, 1.82) is 0 Å². The van der Waals surface area contributed by atoms with Gasteiger partial charge in [-0.15, -0.1) is 0 Å².